The molecule has 0 saturated heterocycles. The molecule has 1 aromatic heterocycles. The van der Waals surface area contributed by atoms with Gasteiger partial charge in [0.1, 0.15) is 6.61 Å². The van der Waals surface area contributed by atoms with Crippen LogP contribution in [-0.4, -0.2) is 15.7 Å². The molecule has 0 aliphatic heterocycles. The molecule has 0 atom stereocenters. The van der Waals surface area contributed by atoms with Crippen LogP contribution in [0.5, 0.6) is 0 Å². The fourth-order valence-electron chi connectivity index (χ4n) is 3.46. The molecule has 0 saturated carbocycles. The smallest absolute Gasteiger partial charge is 0.359 e. The molecule has 0 bridgehead atoms. The summed E-state index contributed by atoms with van der Waals surface area (Å²) >= 11 is 0. The van der Waals surface area contributed by atoms with Crippen LogP contribution in [0.4, 0.5) is 0 Å². The number of hydrogen-bond donors (Lipinski definition) is 0. The van der Waals surface area contributed by atoms with E-state index in [9.17, 15) is 9.59 Å². The van der Waals surface area contributed by atoms with Crippen molar-refractivity contribution in [2.24, 2.45) is 0 Å². The normalized spacial score (nSPS) is 11.7. The van der Waals surface area contributed by atoms with Crippen molar-refractivity contribution in [2.75, 3.05) is 0 Å². The highest BCUT2D eigenvalue weighted by Crippen LogP contribution is 2.27. The van der Waals surface area contributed by atoms with Gasteiger partial charge >= 0.3 is 5.97 Å². The fraction of sp³-hybridized carbons (Fsp3) is 0.375. The molecule has 1 heterocycles. The van der Waals surface area contributed by atoms with Crippen molar-refractivity contribution in [3.8, 4) is 0 Å². The van der Waals surface area contributed by atoms with Gasteiger partial charge < -0.3 is 4.74 Å². The lowest BCUT2D eigenvalue weighted by Gasteiger charge is -2.22. The number of benzene rings is 2. The Morgan fingerprint density at radius 3 is 2.21 bits per heavy atom. The van der Waals surface area contributed by atoms with Gasteiger partial charge in [-0.2, -0.15) is 5.10 Å². The summed E-state index contributed by atoms with van der Waals surface area (Å²) in [5.74, 6) is -0.526. The van der Waals surface area contributed by atoms with Crippen molar-refractivity contribution in [1.29, 1.82) is 0 Å². The summed E-state index contributed by atoms with van der Waals surface area (Å²) in [5, 5.41) is 5.24. The summed E-state index contributed by atoms with van der Waals surface area (Å²) in [5.41, 5.74) is 4.47. The van der Waals surface area contributed by atoms with Crippen molar-refractivity contribution < 1.29 is 9.53 Å². The van der Waals surface area contributed by atoms with Gasteiger partial charge in [0.15, 0.2) is 5.69 Å². The van der Waals surface area contributed by atoms with Gasteiger partial charge in [-0.15, -0.1) is 0 Å². The third-order valence-corrected chi connectivity index (χ3v) is 5.27. The van der Waals surface area contributed by atoms with Crippen molar-refractivity contribution in [1.82, 2.24) is 9.78 Å². The first kappa shape index (κ1) is 20.8. The summed E-state index contributed by atoms with van der Waals surface area (Å²) in [7, 11) is 0. The minimum atomic E-state index is -0.526. The molecule has 5 heteroatoms. The maximum atomic E-state index is 12.9. The number of carbonyl (C=O) groups is 1. The first-order valence-electron chi connectivity index (χ1n) is 9.91. The lowest BCUT2D eigenvalue weighted by Crippen LogP contribution is -2.25. The summed E-state index contributed by atoms with van der Waals surface area (Å²) in [6.45, 7) is 13.0. The third-order valence-electron chi connectivity index (χ3n) is 5.27. The number of aryl methyl sites for hydroxylation is 3. The van der Waals surface area contributed by atoms with Crippen LogP contribution in [0.25, 0.3) is 10.8 Å². The van der Waals surface area contributed by atoms with Crippen LogP contribution in [0.2, 0.25) is 0 Å². The fourth-order valence-corrected chi connectivity index (χ4v) is 3.46. The van der Waals surface area contributed by atoms with Crippen LogP contribution in [-0.2, 0) is 23.3 Å². The molecule has 0 aliphatic carbocycles. The van der Waals surface area contributed by atoms with Crippen molar-refractivity contribution >= 4 is 16.7 Å². The molecule has 0 spiro atoms. The highest BCUT2D eigenvalue weighted by Gasteiger charge is 2.20. The number of nitrogens with zero attached hydrogens (tertiary/aromatic N) is 2. The molecular formula is C24H28N2O3. The van der Waals surface area contributed by atoms with Gasteiger partial charge in [0.25, 0.3) is 5.56 Å². The SMILES string of the molecule is CCn1nc(C(=O)OCc2c(C)cc(C(C)(C)C)cc2C)c2ccccc2c1=O. The van der Waals surface area contributed by atoms with Crippen LogP contribution in [0.15, 0.2) is 41.2 Å². The van der Waals surface area contributed by atoms with E-state index in [-0.39, 0.29) is 23.3 Å². The van der Waals surface area contributed by atoms with E-state index in [4.69, 9.17) is 4.74 Å². The molecule has 3 aromatic rings. The Bertz CT molecular complexity index is 1110. The number of carbonyl (C=O) groups excluding carboxylic acids is 1. The van der Waals surface area contributed by atoms with Crippen molar-refractivity contribution in [3.63, 3.8) is 0 Å². The standard InChI is InChI=1S/C24H28N2O3/c1-7-26-22(27)19-11-9-8-10-18(19)21(25-26)23(28)29-14-20-15(2)12-17(13-16(20)3)24(4,5)6/h8-13H,7,14H2,1-6H3. The zero-order valence-electron chi connectivity index (χ0n) is 18.0. The Hall–Kier alpha value is -2.95. The maximum Gasteiger partial charge on any atom is 0.359 e. The highest BCUT2D eigenvalue weighted by atomic mass is 16.5. The average Bonchev–Trinajstić information content (AvgIpc) is 2.67. The molecule has 3 rings (SSSR count). The Morgan fingerprint density at radius 2 is 1.66 bits per heavy atom. The minimum absolute atomic E-state index is 0.0570. The summed E-state index contributed by atoms with van der Waals surface area (Å²) in [6, 6.07) is 11.3. The lowest BCUT2D eigenvalue weighted by atomic mass is 9.84. The van der Waals surface area contributed by atoms with E-state index in [0.29, 0.717) is 17.3 Å². The van der Waals surface area contributed by atoms with Crippen LogP contribution >= 0.6 is 0 Å². The maximum absolute atomic E-state index is 12.9. The molecule has 0 radical (unpaired) electrons. The second kappa shape index (κ2) is 7.82. The second-order valence-electron chi connectivity index (χ2n) is 8.43. The van der Waals surface area contributed by atoms with Crippen LogP contribution < -0.4 is 5.56 Å². The number of hydrogen-bond acceptors (Lipinski definition) is 4. The summed E-state index contributed by atoms with van der Waals surface area (Å²) in [6.07, 6.45) is 0. The van der Waals surface area contributed by atoms with Crippen molar-refractivity contribution in [2.45, 2.75) is 60.1 Å². The van der Waals surface area contributed by atoms with Crippen LogP contribution in [0.3, 0.4) is 0 Å². The van der Waals surface area contributed by atoms with E-state index in [1.54, 1.807) is 24.3 Å². The monoisotopic (exact) mass is 392 g/mol. The Labute approximate surface area is 171 Å². The van der Waals surface area contributed by atoms with E-state index >= 15 is 0 Å². The largest absolute Gasteiger partial charge is 0.456 e. The van der Waals surface area contributed by atoms with Gasteiger partial charge in [0.2, 0.25) is 0 Å². The van der Waals surface area contributed by atoms with Gasteiger partial charge in [-0.05, 0) is 54.5 Å². The number of fused-ring (bicyclic) bond motifs is 1. The second-order valence-corrected chi connectivity index (χ2v) is 8.43. The molecule has 0 fully saturated rings. The Balaban J connectivity index is 1.93. The Morgan fingerprint density at radius 1 is 1.07 bits per heavy atom. The first-order valence-corrected chi connectivity index (χ1v) is 9.91. The highest BCUT2D eigenvalue weighted by molar-refractivity contribution is 6.02. The molecule has 2 aromatic carbocycles. The zero-order valence-corrected chi connectivity index (χ0v) is 18.0. The van der Waals surface area contributed by atoms with Gasteiger partial charge in [-0.3, -0.25) is 4.79 Å². The van der Waals surface area contributed by atoms with E-state index < -0.39 is 5.97 Å². The predicted molar refractivity (Wildman–Crippen MR) is 115 cm³/mol. The molecule has 29 heavy (non-hydrogen) atoms. The average molecular weight is 392 g/mol. The van der Waals surface area contributed by atoms with Crippen molar-refractivity contribution in [3.05, 3.63) is 74.7 Å². The minimum Gasteiger partial charge on any atom is -0.456 e. The molecule has 0 unspecified atom stereocenters. The van der Waals surface area contributed by atoms with Gasteiger partial charge in [0, 0.05) is 11.9 Å². The van der Waals surface area contributed by atoms with Crippen LogP contribution in [0.1, 0.15) is 60.4 Å². The molecule has 0 aliphatic rings. The first-order chi connectivity index (χ1) is 13.6. The number of ether oxygens (including phenoxy) is 1. The van der Waals surface area contributed by atoms with E-state index in [0.717, 1.165) is 16.7 Å². The molecule has 0 amide bonds. The van der Waals surface area contributed by atoms with E-state index in [2.05, 4.69) is 38.0 Å². The Kier molecular flexibility index (Phi) is 5.60. The topological polar surface area (TPSA) is 61.2 Å². The molecule has 152 valence electrons. The van der Waals surface area contributed by atoms with E-state index in [1.807, 2.05) is 20.8 Å². The van der Waals surface area contributed by atoms with Gasteiger partial charge in [0.05, 0.1) is 5.39 Å². The number of rotatable bonds is 4. The van der Waals surface area contributed by atoms with Crippen LogP contribution in [0, 0.1) is 13.8 Å². The number of aromatic nitrogens is 2. The summed E-state index contributed by atoms with van der Waals surface area (Å²) < 4.78 is 6.93. The molecule has 0 N–H and O–H groups in total. The lowest BCUT2D eigenvalue weighted by molar-refractivity contribution is 0.0464. The van der Waals surface area contributed by atoms with Gasteiger partial charge in [-0.25, -0.2) is 9.48 Å². The predicted octanol–water partition coefficient (Wildman–Crippen LogP) is 4.69. The van der Waals surface area contributed by atoms with Gasteiger partial charge in [-0.1, -0.05) is 51.1 Å². The quantitative estimate of drug-likeness (QED) is 0.605. The van der Waals surface area contributed by atoms with E-state index in [1.165, 1.54) is 10.2 Å². The zero-order chi connectivity index (χ0) is 21.3. The molecular weight excluding hydrogens is 364 g/mol. The number of esters is 1. The third kappa shape index (κ3) is 4.09. The molecule has 5 nitrogen and oxygen atoms in total. The summed E-state index contributed by atoms with van der Waals surface area (Å²) in [4.78, 5) is 25.3.